The van der Waals surface area contributed by atoms with Crippen LogP contribution in [0.25, 0.3) is 0 Å². The molecule has 11 heavy (non-hydrogen) atoms. The Labute approximate surface area is 72.0 Å². The molecule has 0 radical (unpaired) electrons. The van der Waals surface area contributed by atoms with Gasteiger partial charge in [-0.25, -0.2) is 0 Å². The van der Waals surface area contributed by atoms with E-state index in [2.05, 4.69) is 17.9 Å². The number of rotatable bonds is 4. The molecule has 0 aromatic heterocycles. The van der Waals surface area contributed by atoms with Crippen LogP contribution >= 0.6 is 12.6 Å². The lowest BCUT2D eigenvalue weighted by Crippen LogP contribution is -2.37. The van der Waals surface area contributed by atoms with Gasteiger partial charge >= 0.3 is 0 Å². The highest BCUT2D eigenvalue weighted by Gasteiger charge is 2.13. The molecule has 0 fully saturated rings. The van der Waals surface area contributed by atoms with E-state index in [1.807, 2.05) is 6.92 Å². The maximum absolute atomic E-state index is 10.7. The summed E-state index contributed by atoms with van der Waals surface area (Å²) in [6.07, 6.45) is 1.51. The van der Waals surface area contributed by atoms with E-state index in [0.717, 1.165) is 6.42 Å². The van der Waals surface area contributed by atoms with Crippen LogP contribution in [0.1, 0.15) is 26.7 Å². The summed E-state index contributed by atoms with van der Waals surface area (Å²) in [6.45, 7) is 3.34. The first kappa shape index (κ1) is 10.5. The van der Waals surface area contributed by atoms with Gasteiger partial charge in [0.15, 0.2) is 0 Å². The molecule has 0 saturated carbocycles. The Hall–Kier alpha value is -0.510. The molecule has 0 aliphatic rings. The third-order valence-corrected chi connectivity index (χ3v) is 1.56. The lowest BCUT2D eigenvalue weighted by atomic mass is 10.2. The van der Waals surface area contributed by atoms with Gasteiger partial charge in [-0.05, 0) is 6.42 Å². The van der Waals surface area contributed by atoms with Crippen molar-refractivity contribution < 1.29 is 9.59 Å². The highest BCUT2D eigenvalue weighted by atomic mass is 32.1. The van der Waals surface area contributed by atoms with Gasteiger partial charge in [-0.1, -0.05) is 13.3 Å². The number of carbonyl (C=O) groups is 2. The molecular formula is C7H13NO2S. The summed E-state index contributed by atoms with van der Waals surface area (Å²) >= 11 is 3.65. The second-order valence-electron chi connectivity index (χ2n) is 2.38. The van der Waals surface area contributed by atoms with Gasteiger partial charge in [-0.15, -0.1) is 12.6 Å². The average molecular weight is 175 g/mol. The minimum absolute atomic E-state index is 0.189. The van der Waals surface area contributed by atoms with Crippen molar-refractivity contribution in [3.8, 4) is 0 Å². The van der Waals surface area contributed by atoms with Crippen LogP contribution in [0, 0.1) is 0 Å². The molecule has 1 N–H and O–H groups in total. The van der Waals surface area contributed by atoms with E-state index in [9.17, 15) is 9.59 Å². The zero-order chi connectivity index (χ0) is 8.85. The minimum Gasteiger partial charge on any atom is -0.346 e. The molecule has 0 saturated heterocycles. The maximum Gasteiger partial charge on any atom is 0.217 e. The molecule has 0 aliphatic heterocycles. The Morgan fingerprint density at radius 1 is 1.55 bits per heavy atom. The third kappa shape index (κ3) is 4.84. The van der Waals surface area contributed by atoms with Crippen LogP contribution < -0.4 is 5.32 Å². The second kappa shape index (κ2) is 5.18. The van der Waals surface area contributed by atoms with Gasteiger partial charge in [0.1, 0.15) is 0 Å². The summed E-state index contributed by atoms with van der Waals surface area (Å²) in [5.74, 6) is -0.189. The lowest BCUT2D eigenvalue weighted by Gasteiger charge is -2.11. The lowest BCUT2D eigenvalue weighted by molar-refractivity contribution is -0.123. The fraction of sp³-hybridized carbons (Fsp3) is 0.714. The Bertz CT molecular complexity index is 159. The Morgan fingerprint density at radius 2 is 2.09 bits per heavy atom. The summed E-state index contributed by atoms with van der Waals surface area (Å²) in [5, 5.41) is 2.24. The molecule has 0 spiro atoms. The SMILES string of the molecule is CCC[C@H](NC(C)=O)C(=O)S. The molecular weight excluding hydrogens is 162 g/mol. The smallest absolute Gasteiger partial charge is 0.217 e. The van der Waals surface area contributed by atoms with Crippen LogP contribution in [-0.4, -0.2) is 17.1 Å². The Morgan fingerprint density at radius 3 is 2.36 bits per heavy atom. The largest absolute Gasteiger partial charge is 0.346 e. The monoisotopic (exact) mass is 175 g/mol. The highest BCUT2D eigenvalue weighted by molar-refractivity contribution is 7.96. The first-order valence-electron chi connectivity index (χ1n) is 3.57. The first-order chi connectivity index (χ1) is 5.07. The van der Waals surface area contributed by atoms with E-state index >= 15 is 0 Å². The Kier molecular flexibility index (Phi) is 4.94. The van der Waals surface area contributed by atoms with E-state index in [4.69, 9.17) is 0 Å². The molecule has 0 aliphatic carbocycles. The van der Waals surface area contributed by atoms with Crippen molar-refractivity contribution in [3.63, 3.8) is 0 Å². The molecule has 0 rings (SSSR count). The fourth-order valence-corrected chi connectivity index (χ4v) is 0.985. The maximum atomic E-state index is 10.7. The van der Waals surface area contributed by atoms with Crippen LogP contribution in [0.15, 0.2) is 0 Å². The van der Waals surface area contributed by atoms with Crippen molar-refractivity contribution in [3.05, 3.63) is 0 Å². The van der Waals surface area contributed by atoms with Crippen molar-refractivity contribution in [2.24, 2.45) is 0 Å². The van der Waals surface area contributed by atoms with Crippen LogP contribution in [0.4, 0.5) is 0 Å². The van der Waals surface area contributed by atoms with Gasteiger partial charge in [-0.2, -0.15) is 0 Å². The predicted molar refractivity (Wildman–Crippen MR) is 46.5 cm³/mol. The number of thiol groups is 1. The number of hydrogen-bond donors (Lipinski definition) is 2. The van der Waals surface area contributed by atoms with Crippen LogP contribution in [0.2, 0.25) is 0 Å². The average Bonchev–Trinajstić information content (AvgIpc) is 1.86. The second-order valence-corrected chi connectivity index (χ2v) is 2.82. The quantitative estimate of drug-likeness (QED) is 0.619. The van der Waals surface area contributed by atoms with Crippen molar-refractivity contribution >= 4 is 23.7 Å². The Balaban J connectivity index is 3.89. The molecule has 64 valence electrons. The molecule has 4 heteroatoms. The topological polar surface area (TPSA) is 46.2 Å². The molecule has 1 amide bonds. The van der Waals surface area contributed by atoms with Gasteiger partial charge in [0.2, 0.25) is 11.0 Å². The van der Waals surface area contributed by atoms with Crippen molar-refractivity contribution in [2.75, 3.05) is 0 Å². The summed E-state index contributed by atoms with van der Waals surface area (Å²) in [6, 6.07) is -0.416. The molecule has 1 atom stereocenters. The summed E-state index contributed by atoms with van der Waals surface area (Å²) in [4.78, 5) is 21.3. The molecule has 0 heterocycles. The first-order valence-corrected chi connectivity index (χ1v) is 4.02. The van der Waals surface area contributed by atoms with Crippen LogP contribution in [0.5, 0.6) is 0 Å². The summed E-state index contributed by atoms with van der Waals surface area (Å²) < 4.78 is 0. The summed E-state index contributed by atoms with van der Waals surface area (Å²) in [5.41, 5.74) is 0. The number of hydrogen-bond acceptors (Lipinski definition) is 2. The van der Waals surface area contributed by atoms with Gasteiger partial charge < -0.3 is 5.32 Å². The van der Waals surface area contributed by atoms with Gasteiger partial charge in [0.05, 0.1) is 6.04 Å². The zero-order valence-corrected chi connectivity index (χ0v) is 7.65. The molecule has 0 aromatic carbocycles. The zero-order valence-electron chi connectivity index (χ0n) is 6.76. The standard InChI is InChI=1S/C7H13NO2S/c1-3-4-6(7(10)11)8-5(2)9/h6H,3-4H2,1-2H3,(H,8,9)(H,10,11)/t6-/m0/s1. The molecule has 0 unspecified atom stereocenters. The van der Waals surface area contributed by atoms with Gasteiger partial charge in [0, 0.05) is 6.92 Å². The highest BCUT2D eigenvalue weighted by Crippen LogP contribution is 2.00. The van der Waals surface area contributed by atoms with Crippen molar-refractivity contribution in [1.29, 1.82) is 0 Å². The number of nitrogens with one attached hydrogen (secondary N) is 1. The van der Waals surface area contributed by atoms with Crippen molar-refractivity contribution in [1.82, 2.24) is 5.32 Å². The number of carbonyl (C=O) groups excluding carboxylic acids is 2. The van der Waals surface area contributed by atoms with Gasteiger partial charge in [-0.3, -0.25) is 9.59 Å². The fourth-order valence-electron chi connectivity index (χ4n) is 0.791. The van der Waals surface area contributed by atoms with E-state index < -0.39 is 6.04 Å². The van der Waals surface area contributed by atoms with Crippen LogP contribution in [-0.2, 0) is 9.59 Å². The molecule has 0 aromatic rings. The molecule has 0 bridgehead atoms. The van der Waals surface area contributed by atoms with Gasteiger partial charge in [0.25, 0.3) is 0 Å². The van der Waals surface area contributed by atoms with E-state index in [0.29, 0.717) is 6.42 Å². The van der Waals surface area contributed by atoms with Crippen LogP contribution in [0.3, 0.4) is 0 Å². The summed E-state index contributed by atoms with van der Waals surface area (Å²) in [7, 11) is 0. The minimum atomic E-state index is -0.416. The van der Waals surface area contributed by atoms with E-state index in [1.54, 1.807) is 0 Å². The van der Waals surface area contributed by atoms with E-state index in [1.165, 1.54) is 6.92 Å². The third-order valence-electron chi connectivity index (χ3n) is 1.25. The normalized spacial score (nSPS) is 12.3. The number of amides is 1. The van der Waals surface area contributed by atoms with E-state index in [-0.39, 0.29) is 11.0 Å². The predicted octanol–water partition coefficient (Wildman–Crippen LogP) is 0.748. The molecule has 3 nitrogen and oxygen atoms in total. The van der Waals surface area contributed by atoms with Crippen molar-refractivity contribution in [2.45, 2.75) is 32.7 Å².